The maximum absolute atomic E-state index is 6.17. The van der Waals surface area contributed by atoms with Crippen LogP contribution in [0.25, 0.3) is 0 Å². The molecule has 0 saturated heterocycles. The Hall–Kier alpha value is -0.870. The van der Waals surface area contributed by atoms with Gasteiger partial charge in [0.05, 0.1) is 12.3 Å². The van der Waals surface area contributed by atoms with Gasteiger partial charge in [-0.3, -0.25) is 4.68 Å². The molecule has 1 aromatic heterocycles. The van der Waals surface area contributed by atoms with Crippen molar-refractivity contribution >= 4 is 0 Å². The smallest absolute Gasteiger partial charge is 0.0580 e. The number of aromatic nitrogens is 2. The van der Waals surface area contributed by atoms with Crippen LogP contribution in [0.4, 0.5) is 0 Å². The molecule has 0 bridgehead atoms. The minimum absolute atomic E-state index is 0.256. The summed E-state index contributed by atoms with van der Waals surface area (Å²) in [4.78, 5) is 0. The molecule has 1 aliphatic rings. The van der Waals surface area contributed by atoms with E-state index in [-0.39, 0.29) is 6.04 Å². The van der Waals surface area contributed by atoms with Crippen molar-refractivity contribution in [2.24, 2.45) is 18.7 Å². The molecule has 17 heavy (non-hydrogen) atoms. The van der Waals surface area contributed by atoms with E-state index in [9.17, 15) is 0 Å². The molecule has 4 nitrogen and oxygen atoms in total. The quantitative estimate of drug-likeness (QED) is 0.815. The zero-order valence-corrected chi connectivity index (χ0v) is 10.8. The van der Waals surface area contributed by atoms with Crippen molar-refractivity contribution in [2.45, 2.75) is 44.8 Å². The van der Waals surface area contributed by atoms with E-state index in [0.717, 1.165) is 25.4 Å². The van der Waals surface area contributed by atoms with Gasteiger partial charge in [-0.15, -0.1) is 0 Å². The zero-order chi connectivity index (χ0) is 12.3. The molecule has 1 aliphatic carbocycles. The average molecular weight is 237 g/mol. The second-order valence-corrected chi connectivity index (χ2v) is 5.14. The fraction of sp³-hybridized carbons (Fsp3) is 0.769. The molecule has 1 saturated carbocycles. The lowest BCUT2D eigenvalue weighted by Crippen LogP contribution is -2.36. The van der Waals surface area contributed by atoms with Gasteiger partial charge in [0.15, 0.2) is 0 Å². The van der Waals surface area contributed by atoms with E-state index < -0.39 is 0 Å². The van der Waals surface area contributed by atoms with E-state index in [1.807, 2.05) is 24.1 Å². The molecule has 0 radical (unpaired) electrons. The molecule has 1 fully saturated rings. The van der Waals surface area contributed by atoms with Gasteiger partial charge >= 0.3 is 0 Å². The van der Waals surface area contributed by atoms with Crippen LogP contribution in [0.2, 0.25) is 0 Å². The molecule has 96 valence electrons. The van der Waals surface area contributed by atoms with Crippen LogP contribution in [-0.4, -0.2) is 28.5 Å². The van der Waals surface area contributed by atoms with Crippen molar-refractivity contribution in [3.63, 3.8) is 0 Å². The molecular formula is C13H23N3O. The van der Waals surface area contributed by atoms with Crippen LogP contribution in [0.3, 0.4) is 0 Å². The van der Waals surface area contributed by atoms with Gasteiger partial charge in [-0.05, 0) is 44.1 Å². The van der Waals surface area contributed by atoms with Crippen molar-refractivity contribution < 1.29 is 4.74 Å². The average Bonchev–Trinajstić information content (AvgIpc) is 2.61. The van der Waals surface area contributed by atoms with E-state index in [2.05, 4.69) is 12.0 Å². The van der Waals surface area contributed by atoms with E-state index in [0.29, 0.717) is 6.10 Å². The number of ether oxygens (including phenoxy) is 1. The highest BCUT2D eigenvalue weighted by atomic mass is 16.5. The van der Waals surface area contributed by atoms with Crippen LogP contribution in [0.5, 0.6) is 0 Å². The Morgan fingerprint density at radius 3 is 2.94 bits per heavy atom. The summed E-state index contributed by atoms with van der Waals surface area (Å²) in [5.41, 5.74) is 7.40. The lowest BCUT2D eigenvalue weighted by molar-refractivity contribution is -0.0280. The Morgan fingerprint density at radius 1 is 1.59 bits per heavy atom. The topological polar surface area (TPSA) is 53.1 Å². The first-order valence-corrected chi connectivity index (χ1v) is 6.52. The fourth-order valence-electron chi connectivity index (χ4n) is 2.63. The first kappa shape index (κ1) is 12.6. The first-order valence-electron chi connectivity index (χ1n) is 6.52. The van der Waals surface area contributed by atoms with Gasteiger partial charge < -0.3 is 10.5 Å². The molecule has 2 N–H and O–H groups in total. The second-order valence-electron chi connectivity index (χ2n) is 5.14. The summed E-state index contributed by atoms with van der Waals surface area (Å²) in [5.74, 6) is 0.762. The number of hydrogen-bond donors (Lipinski definition) is 1. The van der Waals surface area contributed by atoms with Gasteiger partial charge in [-0.25, -0.2) is 0 Å². The maximum atomic E-state index is 6.17. The highest BCUT2D eigenvalue weighted by Gasteiger charge is 2.30. The third-order valence-corrected chi connectivity index (χ3v) is 3.49. The van der Waals surface area contributed by atoms with Gasteiger partial charge in [-0.2, -0.15) is 5.10 Å². The van der Waals surface area contributed by atoms with Crippen molar-refractivity contribution in [2.75, 3.05) is 6.61 Å². The molecule has 2 rings (SSSR count). The third-order valence-electron chi connectivity index (χ3n) is 3.49. The Balaban J connectivity index is 1.67. The van der Waals surface area contributed by atoms with Gasteiger partial charge in [0.2, 0.25) is 0 Å². The summed E-state index contributed by atoms with van der Waals surface area (Å²) in [7, 11) is 1.94. The van der Waals surface area contributed by atoms with Gasteiger partial charge in [0.1, 0.15) is 0 Å². The van der Waals surface area contributed by atoms with Gasteiger partial charge in [0, 0.05) is 25.9 Å². The van der Waals surface area contributed by atoms with Crippen LogP contribution < -0.4 is 5.73 Å². The molecule has 1 aromatic rings. The van der Waals surface area contributed by atoms with Crippen LogP contribution >= 0.6 is 0 Å². The van der Waals surface area contributed by atoms with Crippen molar-refractivity contribution in [3.8, 4) is 0 Å². The van der Waals surface area contributed by atoms with Crippen LogP contribution in [0, 0.1) is 5.92 Å². The summed E-state index contributed by atoms with van der Waals surface area (Å²) in [6, 6.07) is 0.256. The Bertz CT molecular complexity index is 344. The summed E-state index contributed by atoms with van der Waals surface area (Å²) < 4.78 is 7.39. The summed E-state index contributed by atoms with van der Waals surface area (Å²) in [6.07, 6.45) is 8.87. The lowest BCUT2D eigenvalue weighted by Gasteiger charge is -2.36. The normalized spacial score (nSPS) is 25.6. The molecular weight excluding hydrogens is 214 g/mol. The first-order chi connectivity index (χ1) is 8.17. The molecule has 0 aromatic carbocycles. The molecule has 1 heterocycles. The van der Waals surface area contributed by atoms with Crippen molar-refractivity contribution in [1.82, 2.24) is 9.78 Å². The van der Waals surface area contributed by atoms with E-state index in [4.69, 9.17) is 10.5 Å². The maximum Gasteiger partial charge on any atom is 0.0580 e. The molecule has 0 spiro atoms. The van der Waals surface area contributed by atoms with E-state index in [1.165, 1.54) is 18.4 Å². The number of rotatable bonds is 6. The minimum atomic E-state index is 0.256. The number of nitrogens with zero attached hydrogens (tertiary/aromatic N) is 2. The van der Waals surface area contributed by atoms with Gasteiger partial charge in [-0.1, -0.05) is 0 Å². The lowest BCUT2D eigenvalue weighted by atomic mass is 9.77. The third kappa shape index (κ3) is 3.54. The Labute approximate surface area is 103 Å². The highest BCUT2D eigenvalue weighted by Crippen LogP contribution is 2.33. The molecule has 4 heteroatoms. The molecule has 1 unspecified atom stereocenters. The monoisotopic (exact) mass is 237 g/mol. The fourth-order valence-corrected chi connectivity index (χ4v) is 2.63. The summed E-state index contributed by atoms with van der Waals surface area (Å²) in [6.45, 7) is 2.89. The largest absolute Gasteiger partial charge is 0.378 e. The predicted octanol–water partition coefficient (Wildman–Crippen LogP) is 1.50. The predicted molar refractivity (Wildman–Crippen MR) is 67.6 cm³/mol. The SMILES string of the molecule is CCOC1CC(CC(N)Cc2cnn(C)c2)C1. The number of nitrogens with two attached hydrogens (primary N) is 1. The molecule has 1 atom stereocenters. The summed E-state index contributed by atoms with van der Waals surface area (Å²) >= 11 is 0. The molecule has 0 aliphatic heterocycles. The van der Waals surface area contributed by atoms with Gasteiger partial charge in [0.25, 0.3) is 0 Å². The minimum Gasteiger partial charge on any atom is -0.378 e. The Kier molecular flexibility index (Phi) is 4.18. The van der Waals surface area contributed by atoms with Crippen molar-refractivity contribution in [3.05, 3.63) is 18.0 Å². The Morgan fingerprint density at radius 2 is 2.35 bits per heavy atom. The highest BCUT2D eigenvalue weighted by molar-refractivity contribution is 5.05. The molecule has 0 amide bonds. The van der Waals surface area contributed by atoms with E-state index >= 15 is 0 Å². The van der Waals surface area contributed by atoms with E-state index in [1.54, 1.807) is 0 Å². The number of aryl methyl sites for hydroxylation is 1. The van der Waals surface area contributed by atoms with Crippen molar-refractivity contribution in [1.29, 1.82) is 0 Å². The number of hydrogen-bond acceptors (Lipinski definition) is 3. The van der Waals surface area contributed by atoms with Crippen LogP contribution in [-0.2, 0) is 18.2 Å². The second kappa shape index (κ2) is 5.65. The summed E-state index contributed by atoms with van der Waals surface area (Å²) in [5, 5.41) is 4.16. The standard InChI is InChI=1S/C13H23N3O/c1-3-17-13-6-10(7-13)4-12(14)5-11-8-15-16(2)9-11/h8-10,12-13H,3-7,14H2,1-2H3. The van der Waals surface area contributed by atoms with Crippen LogP contribution in [0.1, 0.15) is 31.7 Å². The zero-order valence-electron chi connectivity index (χ0n) is 10.8. The van der Waals surface area contributed by atoms with Crippen LogP contribution in [0.15, 0.2) is 12.4 Å².